The van der Waals surface area contributed by atoms with Crippen molar-refractivity contribution in [3.05, 3.63) is 129 Å². The first-order chi connectivity index (χ1) is 21.9. The van der Waals surface area contributed by atoms with Crippen molar-refractivity contribution in [2.75, 3.05) is 10.8 Å². The average Bonchev–Trinajstić information content (AvgIpc) is 3.03. The summed E-state index contributed by atoms with van der Waals surface area (Å²) in [5.41, 5.74) is 2.46. The summed E-state index contributed by atoms with van der Waals surface area (Å²) < 4.78 is 29.3. The Bertz CT molecular complexity index is 1730. The fourth-order valence-corrected chi connectivity index (χ4v) is 6.88. The third kappa shape index (κ3) is 8.82. The fourth-order valence-electron chi connectivity index (χ4n) is 4.82. The van der Waals surface area contributed by atoms with Gasteiger partial charge in [0, 0.05) is 39.6 Å². The van der Waals surface area contributed by atoms with Gasteiger partial charge in [-0.15, -0.1) is 0 Å². The molecule has 0 heterocycles. The van der Waals surface area contributed by atoms with E-state index in [0.717, 1.165) is 15.4 Å². The standard InChI is InChI=1S/C35H36Cl3N3O4S/c1-4-25(3)39-35(43)33(21-26-9-6-5-7-10-26)40(22-30-31(37)11-8-12-32(30)38)34(42)23-41(28-17-13-24(2)14-18-28)46(44,45)29-19-15-27(36)16-20-29/h5-20,25,33H,4,21-23H2,1-3H3,(H,39,43). The lowest BCUT2D eigenvalue weighted by molar-refractivity contribution is -0.140. The van der Waals surface area contributed by atoms with E-state index in [-0.39, 0.29) is 35.5 Å². The zero-order valence-corrected chi connectivity index (χ0v) is 28.9. The van der Waals surface area contributed by atoms with Crippen LogP contribution in [-0.4, -0.2) is 43.8 Å². The van der Waals surface area contributed by atoms with E-state index in [4.69, 9.17) is 34.8 Å². The van der Waals surface area contributed by atoms with Crippen LogP contribution in [0.5, 0.6) is 0 Å². The fraction of sp³-hybridized carbons (Fsp3) is 0.257. The SMILES string of the molecule is CCC(C)NC(=O)C(Cc1ccccc1)N(Cc1c(Cl)cccc1Cl)C(=O)CN(c1ccc(C)cc1)S(=O)(=O)c1ccc(Cl)cc1. The number of sulfonamides is 1. The van der Waals surface area contributed by atoms with Crippen molar-refractivity contribution in [3.8, 4) is 0 Å². The molecule has 0 saturated heterocycles. The van der Waals surface area contributed by atoms with Crippen LogP contribution in [0.2, 0.25) is 15.1 Å². The summed E-state index contributed by atoms with van der Waals surface area (Å²) in [6.45, 7) is 4.98. The van der Waals surface area contributed by atoms with Crippen LogP contribution in [0.3, 0.4) is 0 Å². The third-order valence-electron chi connectivity index (χ3n) is 7.66. The van der Waals surface area contributed by atoms with Crippen LogP contribution >= 0.6 is 34.8 Å². The second-order valence-electron chi connectivity index (χ2n) is 11.0. The van der Waals surface area contributed by atoms with Gasteiger partial charge in [-0.05, 0) is 74.4 Å². The summed E-state index contributed by atoms with van der Waals surface area (Å²) in [4.78, 5) is 29.9. The van der Waals surface area contributed by atoms with E-state index in [1.165, 1.54) is 29.2 Å². The predicted molar refractivity (Wildman–Crippen MR) is 186 cm³/mol. The lowest BCUT2D eigenvalue weighted by atomic mass is 10.0. The number of hydrogen-bond donors (Lipinski definition) is 1. The molecule has 4 rings (SSSR count). The van der Waals surface area contributed by atoms with Crippen molar-refractivity contribution in [2.24, 2.45) is 0 Å². The van der Waals surface area contributed by atoms with Crippen molar-refractivity contribution in [1.29, 1.82) is 0 Å². The summed E-state index contributed by atoms with van der Waals surface area (Å²) in [6.07, 6.45) is 0.847. The molecule has 2 atom stereocenters. The van der Waals surface area contributed by atoms with E-state index in [9.17, 15) is 18.0 Å². The summed E-state index contributed by atoms with van der Waals surface area (Å²) in [5, 5.41) is 4.01. The molecule has 0 bridgehead atoms. The number of hydrogen-bond acceptors (Lipinski definition) is 4. The number of nitrogens with zero attached hydrogens (tertiary/aromatic N) is 2. The molecular weight excluding hydrogens is 665 g/mol. The third-order valence-corrected chi connectivity index (χ3v) is 10.4. The molecule has 46 heavy (non-hydrogen) atoms. The molecule has 0 aliphatic rings. The van der Waals surface area contributed by atoms with Gasteiger partial charge in [-0.25, -0.2) is 8.42 Å². The minimum absolute atomic E-state index is 0.0404. The topological polar surface area (TPSA) is 86.8 Å². The Kier molecular flexibility index (Phi) is 12.1. The monoisotopic (exact) mass is 699 g/mol. The summed E-state index contributed by atoms with van der Waals surface area (Å²) >= 11 is 19.2. The number of carbonyl (C=O) groups is 2. The second-order valence-corrected chi connectivity index (χ2v) is 14.2. The summed E-state index contributed by atoms with van der Waals surface area (Å²) in [5.74, 6) is -0.994. The van der Waals surface area contributed by atoms with Gasteiger partial charge >= 0.3 is 0 Å². The molecular formula is C35H36Cl3N3O4S. The summed E-state index contributed by atoms with van der Waals surface area (Å²) in [6, 6.07) is 25.7. The van der Waals surface area contributed by atoms with Gasteiger partial charge in [-0.2, -0.15) is 0 Å². The Hall–Kier alpha value is -3.56. The van der Waals surface area contributed by atoms with Crippen LogP contribution in [0.4, 0.5) is 5.69 Å². The number of nitrogens with one attached hydrogen (secondary N) is 1. The van der Waals surface area contributed by atoms with Crippen LogP contribution in [0.25, 0.3) is 0 Å². The molecule has 0 radical (unpaired) electrons. The molecule has 0 spiro atoms. The highest BCUT2D eigenvalue weighted by Crippen LogP contribution is 2.29. The number of anilines is 1. The number of halogens is 3. The molecule has 4 aromatic carbocycles. The molecule has 7 nitrogen and oxygen atoms in total. The quantitative estimate of drug-likeness (QED) is 0.155. The van der Waals surface area contributed by atoms with E-state index in [2.05, 4.69) is 5.32 Å². The van der Waals surface area contributed by atoms with Gasteiger partial charge in [0.15, 0.2) is 0 Å². The molecule has 242 valence electrons. The van der Waals surface area contributed by atoms with Gasteiger partial charge in [-0.1, -0.05) is 95.8 Å². The first-order valence-corrected chi connectivity index (χ1v) is 17.4. The van der Waals surface area contributed by atoms with Crippen molar-refractivity contribution in [3.63, 3.8) is 0 Å². The number of rotatable bonds is 13. The maximum Gasteiger partial charge on any atom is 0.264 e. The Morgan fingerprint density at radius 2 is 1.43 bits per heavy atom. The first kappa shape index (κ1) is 35.3. The normalized spacial score (nSPS) is 12.7. The van der Waals surface area contributed by atoms with Crippen LogP contribution in [-0.2, 0) is 32.6 Å². The largest absolute Gasteiger partial charge is 0.352 e. The van der Waals surface area contributed by atoms with Gasteiger partial charge in [0.05, 0.1) is 10.6 Å². The van der Waals surface area contributed by atoms with Gasteiger partial charge in [-0.3, -0.25) is 13.9 Å². The number of amides is 2. The average molecular weight is 701 g/mol. The van der Waals surface area contributed by atoms with Crippen molar-refractivity contribution >= 4 is 62.3 Å². The number of benzene rings is 4. The van der Waals surface area contributed by atoms with Crippen molar-refractivity contribution in [1.82, 2.24) is 10.2 Å². The second kappa shape index (κ2) is 15.8. The van der Waals surface area contributed by atoms with Crippen LogP contribution in [0, 0.1) is 6.92 Å². The smallest absolute Gasteiger partial charge is 0.264 e. The molecule has 1 N–H and O–H groups in total. The zero-order valence-electron chi connectivity index (χ0n) is 25.8. The Morgan fingerprint density at radius 3 is 2.02 bits per heavy atom. The molecule has 2 unspecified atom stereocenters. The highest BCUT2D eigenvalue weighted by molar-refractivity contribution is 7.92. The lowest BCUT2D eigenvalue weighted by Crippen LogP contribution is -2.54. The van der Waals surface area contributed by atoms with Gasteiger partial charge in [0.2, 0.25) is 11.8 Å². The lowest BCUT2D eigenvalue weighted by Gasteiger charge is -2.34. The van der Waals surface area contributed by atoms with E-state index in [1.54, 1.807) is 42.5 Å². The Morgan fingerprint density at radius 1 is 0.826 bits per heavy atom. The molecule has 0 fully saturated rings. The Balaban J connectivity index is 1.84. The van der Waals surface area contributed by atoms with Crippen LogP contribution in [0.1, 0.15) is 37.0 Å². The molecule has 0 saturated carbocycles. The van der Waals surface area contributed by atoms with Crippen LogP contribution < -0.4 is 9.62 Å². The first-order valence-electron chi connectivity index (χ1n) is 14.8. The summed E-state index contributed by atoms with van der Waals surface area (Å²) in [7, 11) is -4.25. The van der Waals surface area contributed by atoms with E-state index in [1.807, 2.05) is 51.1 Å². The molecule has 11 heteroatoms. The number of aryl methyl sites for hydroxylation is 1. The molecule has 0 aliphatic carbocycles. The molecule has 2 amide bonds. The number of carbonyl (C=O) groups excluding carboxylic acids is 2. The van der Waals surface area contributed by atoms with E-state index < -0.39 is 28.5 Å². The Labute approximate surface area is 286 Å². The molecule has 4 aromatic rings. The minimum Gasteiger partial charge on any atom is -0.352 e. The van der Waals surface area contributed by atoms with Crippen LogP contribution in [0.15, 0.2) is 102 Å². The van der Waals surface area contributed by atoms with Gasteiger partial charge in [0.25, 0.3) is 10.0 Å². The highest BCUT2D eigenvalue weighted by atomic mass is 35.5. The maximum atomic E-state index is 14.6. The maximum absolute atomic E-state index is 14.6. The van der Waals surface area contributed by atoms with E-state index >= 15 is 0 Å². The minimum atomic E-state index is -4.25. The van der Waals surface area contributed by atoms with Crippen molar-refractivity contribution < 1.29 is 18.0 Å². The highest BCUT2D eigenvalue weighted by Gasteiger charge is 2.35. The molecule has 0 aromatic heterocycles. The van der Waals surface area contributed by atoms with Crippen molar-refractivity contribution in [2.45, 2.75) is 57.1 Å². The van der Waals surface area contributed by atoms with Gasteiger partial charge in [0.1, 0.15) is 12.6 Å². The molecule has 0 aliphatic heterocycles. The van der Waals surface area contributed by atoms with E-state index in [0.29, 0.717) is 27.1 Å². The van der Waals surface area contributed by atoms with Gasteiger partial charge < -0.3 is 10.2 Å². The zero-order chi connectivity index (χ0) is 33.4. The predicted octanol–water partition coefficient (Wildman–Crippen LogP) is 7.71.